The largest absolute Gasteiger partial charge is 0.480 e. The molecule has 1 aliphatic heterocycles. The van der Waals surface area contributed by atoms with Gasteiger partial charge in [-0.05, 0) is 6.92 Å². The summed E-state index contributed by atoms with van der Waals surface area (Å²) in [5.74, 6) is -4.94. The average Bonchev–Trinajstić information content (AvgIpc) is 2.78. The molecule has 16 heteroatoms. The van der Waals surface area contributed by atoms with Crippen LogP contribution in [0.3, 0.4) is 0 Å². The molecule has 0 aromatic rings. The lowest BCUT2D eigenvalue weighted by atomic mass is 10.2. The first-order valence-electron chi connectivity index (χ1n) is 13.3. The third kappa shape index (κ3) is 14.0. The standard InChI is InChI=1S/C24H43N5O11/c1-2-25-19(30)13-26-5-3-9-29(17-23(37)38,18-24(39)40)12-8-27(14-20(31)32)6-4-10-28(11-7-26,15-21(33)34)16-22(35)36/h21,33-34H,2-18H2,1H3,(H3-2,25,30,31,32,35,36,37,38,39,40)/p+2/t28-/m1/s1. The molecule has 0 aromatic carbocycles. The first-order chi connectivity index (χ1) is 18.7. The Morgan fingerprint density at radius 2 is 1.12 bits per heavy atom. The molecule has 0 aliphatic carbocycles. The monoisotopic (exact) mass is 579 g/mol. The molecule has 1 heterocycles. The maximum absolute atomic E-state index is 12.4. The third-order valence-electron chi connectivity index (χ3n) is 7.06. The van der Waals surface area contributed by atoms with Crippen LogP contribution in [0.2, 0.25) is 0 Å². The maximum atomic E-state index is 12.4. The van der Waals surface area contributed by atoms with Crippen LogP contribution in [0.5, 0.6) is 0 Å². The van der Waals surface area contributed by atoms with Crippen LogP contribution in [0.25, 0.3) is 0 Å². The Hall–Kier alpha value is -2.89. The Morgan fingerprint density at radius 3 is 1.57 bits per heavy atom. The highest BCUT2D eigenvalue weighted by Gasteiger charge is 2.36. The smallest absolute Gasteiger partial charge is 0.359 e. The number of carboxylic acid groups (broad SMARTS) is 4. The van der Waals surface area contributed by atoms with Gasteiger partial charge in [0.25, 0.3) is 0 Å². The molecule has 0 spiro atoms. The van der Waals surface area contributed by atoms with E-state index in [1.54, 1.807) is 16.7 Å². The molecule has 0 unspecified atom stereocenters. The molecule has 1 saturated heterocycles. The number of hydrogen-bond acceptors (Lipinski definition) is 9. The lowest BCUT2D eigenvalue weighted by Crippen LogP contribution is -2.60. The van der Waals surface area contributed by atoms with Crippen molar-refractivity contribution in [3.05, 3.63) is 0 Å². The summed E-state index contributed by atoms with van der Waals surface area (Å²) in [5, 5.41) is 60.5. The van der Waals surface area contributed by atoms with Gasteiger partial charge in [-0.25, -0.2) is 14.4 Å². The summed E-state index contributed by atoms with van der Waals surface area (Å²) in [6.45, 7) is 1.31. The molecule has 0 radical (unpaired) electrons. The van der Waals surface area contributed by atoms with Crippen molar-refractivity contribution in [2.45, 2.75) is 26.1 Å². The quantitative estimate of drug-likeness (QED) is 0.0844. The first-order valence-corrected chi connectivity index (χ1v) is 13.3. The molecule has 7 N–H and O–H groups in total. The first kappa shape index (κ1) is 35.1. The maximum Gasteiger partial charge on any atom is 0.359 e. The molecule has 1 atom stereocenters. The second kappa shape index (κ2) is 17.0. The lowest BCUT2D eigenvalue weighted by molar-refractivity contribution is -0.926. The van der Waals surface area contributed by atoms with Crippen molar-refractivity contribution < 1.29 is 63.6 Å². The zero-order valence-corrected chi connectivity index (χ0v) is 23.1. The van der Waals surface area contributed by atoms with Gasteiger partial charge in [-0.15, -0.1) is 0 Å². The Bertz CT molecular complexity index is 856. The summed E-state index contributed by atoms with van der Waals surface area (Å²) in [5.41, 5.74) is 0. The number of quaternary nitrogens is 2. The number of carboxylic acids is 4. The topological polar surface area (TPSA) is 225 Å². The number of carbonyl (C=O) groups is 5. The van der Waals surface area contributed by atoms with Crippen LogP contribution in [0.15, 0.2) is 0 Å². The molecule has 1 amide bonds. The van der Waals surface area contributed by atoms with Gasteiger partial charge in [0.05, 0.1) is 39.3 Å². The molecular formula is C24H45N5O11+2. The number of aliphatic hydroxyl groups is 2. The van der Waals surface area contributed by atoms with E-state index in [-0.39, 0.29) is 93.3 Å². The van der Waals surface area contributed by atoms with Crippen molar-refractivity contribution in [1.82, 2.24) is 15.1 Å². The molecular weight excluding hydrogens is 534 g/mol. The van der Waals surface area contributed by atoms with Crippen LogP contribution in [-0.2, 0) is 24.0 Å². The number of aliphatic hydroxyl groups excluding tert-OH is 1. The van der Waals surface area contributed by atoms with E-state index in [1.807, 2.05) is 0 Å². The van der Waals surface area contributed by atoms with Crippen molar-refractivity contribution in [1.29, 1.82) is 0 Å². The summed E-state index contributed by atoms with van der Waals surface area (Å²) < 4.78 is -0.524. The van der Waals surface area contributed by atoms with Gasteiger partial charge in [0.2, 0.25) is 12.2 Å². The second-order valence-corrected chi connectivity index (χ2v) is 10.5. The normalized spacial score (nSPS) is 21.8. The van der Waals surface area contributed by atoms with Crippen molar-refractivity contribution in [2.75, 3.05) is 98.2 Å². The highest BCUT2D eigenvalue weighted by molar-refractivity contribution is 5.77. The number of amides is 1. The Morgan fingerprint density at radius 1 is 0.675 bits per heavy atom. The fourth-order valence-electron chi connectivity index (χ4n) is 5.36. The highest BCUT2D eigenvalue weighted by atomic mass is 16.5. The predicted molar refractivity (Wildman–Crippen MR) is 139 cm³/mol. The summed E-state index contributed by atoms with van der Waals surface area (Å²) in [6, 6.07) is 0. The van der Waals surface area contributed by atoms with Crippen molar-refractivity contribution in [2.24, 2.45) is 0 Å². The minimum Gasteiger partial charge on any atom is -0.480 e. The van der Waals surface area contributed by atoms with Gasteiger partial charge in [-0.3, -0.25) is 19.4 Å². The van der Waals surface area contributed by atoms with Crippen molar-refractivity contribution in [3.8, 4) is 0 Å². The SMILES string of the molecule is CCNC(=O)CN1CCC[N+](CC(=O)O)(CC(=O)O)CCN(CC(=O)O)CCC[N@+](CC(=O)O)(CC(O)O)CC1. The van der Waals surface area contributed by atoms with E-state index in [2.05, 4.69) is 5.32 Å². The van der Waals surface area contributed by atoms with E-state index in [0.717, 1.165) is 0 Å². The lowest BCUT2D eigenvalue weighted by Gasteiger charge is -2.41. The van der Waals surface area contributed by atoms with E-state index in [9.17, 15) is 54.6 Å². The molecule has 0 bridgehead atoms. The van der Waals surface area contributed by atoms with Crippen LogP contribution >= 0.6 is 0 Å². The van der Waals surface area contributed by atoms with Crippen LogP contribution in [0.1, 0.15) is 19.8 Å². The summed E-state index contributed by atoms with van der Waals surface area (Å²) >= 11 is 0. The summed E-state index contributed by atoms with van der Waals surface area (Å²) in [7, 11) is 0. The van der Waals surface area contributed by atoms with Gasteiger partial charge in [0, 0.05) is 45.6 Å². The molecule has 1 fully saturated rings. The van der Waals surface area contributed by atoms with E-state index in [4.69, 9.17) is 0 Å². The zero-order valence-electron chi connectivity index (χ0n) is 23.1. The van der Waals surface area contributed by atoms with Gasteiger partial charge in [0.1, 0.15) is 6.54 Å². The average molecular weight is 580 g/mol. The van der Waals surface area contributed by atoms with E-state index >= 15 is 0 Å². The molecule has 0 saturated carbocycles. The zero-order chi connectivity index (χ0) is 30.3. The van der Waals surface area contributed by atoms with Crippen LogP contribution < -0.4 is 5.32 Å². The van der Waals surface area contributed by atoms with Gasteiger partial charge in [-0.1, -0.05) is 0 Å². The van der Waals surface area contributed by atoms with E-state index in [0.29, 0.717) is 13.0 Å². The predicted octanol–water partition coefficient (Wildman–Crippen LogP) is -3.20. The van der Waals surface area contributed by atoms with Gasteiger partial charge in [0.15, 0.2) is 19.6 Å². The molecule has 1 aliphatic rings. The van der Waals surface area contributed by atoms with E-state index in [1.165, 1.54) is 0 Å². The van der Waals surface area contributed by atoms with Crippen molar-refractivity contribution in [3.63, 3.8) is 0 Å². The molecule has 40 heavy (non-hydrogen) atoms. The fourth-order valence-corrected chi connectivity index (χ4v) is 5.36. The number of nitrogens with zero attached hydrogens (tertiary/aromatic N) is 4. The number of nitrogens with one attached hydrogen (secondary N) is 1. The Kier molecular flexibility index (Phi) is 15.0. The number of aliphatic carboxylic acids is 4. The minimum atomic E-state index is -1.80. The van der Waals surface area contributed by atoms with Crippen LogP contribution in [-0.4, -0.2) is 184 Å². The summed E-state index contributed by atoms with van der Waals surface area (Å²) in [4.78, 5) is 62.5. The summed E-state index contributed by atoms with van der Waals surface area (Å²) in [6.07, 6.45) is -1.21. The number of hydrogen-bond donors (Lipinski definition) is 7. The van der Waals surface area contributed by atoms with Gasteiger partial charge >= 0.3 is 23.9 Å². The highest BCUT2D eigenvalue weighted by Crippen LogP contribution is 2.15. The Labute approximate surface area is 233 Å². The number of rotatable bonds is 13. The number of carbonyl (C=O) groups excluding carboxylic acids is 1. The Balaban J connectivity index is 3.42. The third-order valence-corrected chi connectivity index (χ3v) is 7.06. The van der Waals surface area contributed by atoms with Crippen LogP contribution in [0.4, 0.5) is 0 Å². The second-order valence-electron chi connectivity index (χ2n) is 10.5. The molecule has 230 valence electrons. The minimum absolute atomic E-state index is 0.0349. The molecule has 0 aromatic heterocycles. The van der Waals surface area contributed by atoms with Gasteiger partial charge < -0.3 is 44.9 Å². The molecule has 16 nitrogen and oxygen atoms in total. The fraction of sp³-hybridized carbons (Fsp3) is 0.792. The van der Waals surface area contributed by atoms with Crippen molar-refractivity contribution >= 4 is 29.8 Å². The van der Waals surface area contributed by atoms with Gasteiger partial charge in [-0.2, -0.15) is 0 Å². The van der Waals surface area contributed by atoms with E-state index < -0.39 is 49.8 Å². The van der Waals surface area contributed by atoms with Crippen LogP contribution in [0, 0.1) is 0 Å². The molecule has 1 rings (SSSR count). The number of likely N-dealkylation sites (N-methyl/N-ethyl adjacent to an activating group) is 1.